The summed E-state index contributed by atoms with van der Waals surface area (Å²) in [5, 5.41) is 12.3. The van der Waals surface area contributed by atoms with Crippen molar-refractivity contribution in [1.29, 1.82) is 5.26 Å². The summed E-state index contributed by atoms with van der Waals surface area (Å²) in [6.07, 6.45) is 3.15. The molecule has 0 aromatic heterocycles. The van der Waals surface area contributed by atoms with Gasteiger partial charge in [0.15, 0.2) is 0 Å². The molecule has 2 saturated heterocycles. The van der Waals surface area contributed by atoms with Crippen molar-refractivity contribution in [3.63, 3.8) is 0 Å². The van der Waals surface area contributed by atoms with E-state index in [1.165, 1.54) is 25.9 Å². The molecule has 2 heterocycles. The van der Waals surface area contributed by atoms with Crippen molar-refractivity contribution in [2.24, 2.45) is 0 Å². The van der Waals surface area contributed by atoms with Gasteiger partial charge in [-0.25, -0.2) is 0 Å². The van der Waals surface area contributed by atoms with Gasteiger partial charge in [-0.05, 0) is 33.0 Å². The van der Waals surface area contributed by atoms with Crippen molar-refractivity contribution in [3.8, 4) is 6.07 Å². The molecule has 2 fully saturated rings. The van der Waals surface area contributed by atoms with Gasteiger partial charge in [-0.15, -0.1) is 0 Å². The quantitative estimate of drug-likeness (QED) is 0.728. The van der Waals surface area contributed by atoms with Crippen molar-refractivity contribution in [1.82, 2.24) is 15.1 Å². The van der Waals surface area contributed by atoms with Crippen molar-refractivity contribution in [2.75, 3.05) is 46.3 Å². The fourth-order valence-electron chi connectivity index (χ4n) is 2.82. The highest BCUT2D eigenvalue weighted by Crippen LogP contribution is 2.24. The lowest BCUT2D eigenvalue weighted by molar-refractivity contribution is 0.0755. The molecule has 0 radical (unpaired) electrons. The lowest BCUT2D eigenvalue weighted by Crippen LogP contribution is -2.63. The van der Waals surface area contributed by atoms with E-state index < -0.39 is 0 Å². The first kappa shape index (κ1) is 11.8. The van der Waals surface area contributed by atoms with Gasteiger partial charge in [0.05, 0.1) is 6.07 Å². The largest absolute Gasteiger partial charge is 0.309 e. The standard InChI is InChI=1S/C12H22N4/c1-15-8-3-12(4-9-15)11-16(7-2-5-13)10-6-14-12/h14H,2-4,6-11H2,1H3. The lowest BCUT2D eigenvalue weighted by atomic mass is 9.85. The Balaban J connectivity index is 1.88. The van der Waals surface area contributed by atoms with Crippen LogP contribution < -0.4 is 5.32 Å². The van der Waals surface area contributed by atoms with Crippen LogP contribution in [0.4, 0.5) is 0 Å². The molecule has 0 unspecified atom stereocenters. The molecule has 0 saturated carbocycles. The molecule has 0 aromatic rings. The van der Waals surface area contributed by atoms with Gasteiger partial charge in [0.25, 0.3) is 0 Å². The topological polar surface area (TPSA) is 42.3 Å². The van der Waals surface area contributed by atoms with E-state index in [-0.39, 0.29) is 0 Å². The summed E-state index contributed by atoms with van der Waals surface area (Å²) in [6.45, 7) is 6.63. The summed E-state index contributed by atoms with van der Waals surface area (Å²) in [5.74, 6) is 0. The molecule has 1 N–H and O–H groups in total. The third-order valence-electron chi connectivity index (χ3n) is 3.94. The van der Waals surface area contributed by atoms with Gasteiger partial charge < -0.3 is 10.2 Å². The van der Waals surface area contributed by atoms with Gasteiger partial charge in [-0.1, -0.05) is 0 Å². The molecule has 4 heteroatoms. The molecule has 1 spiro atoms. The molecule has 2 aliphatic heterocycles. The maximum atomic E-state index is 8.63. The fourth-order valence-corrected chi connectivity index (χ4v) is 2.82. The van der Waals surface area contributed by atoms with Crippen molar-refractivity contribution in [2.45, 2.75) is 24.8 Å². The number of nitrogens with one attached hydrogen (secondary N) is 1. The van der Waals surface area contributed by atoms with Crippen LogP contribution in [0.15, 0.2) is 0 Å². The number of rotatable bonds is 2. The zero-order valence-electron chi connectivity index (χ0n) is 10.2. The van der Waals surface area contributed by atoms with Crippen LogP contribution >= 0.6 is 0 Å². The Morgan fingerprint density at radius 1 is 1.31 bits per heavy atom. The van der Waals surface area contributed by atoms with Gasteiger partial charge in [-0.3, -0.25) is 4.90 Å². The average Bonchev–Trinajstić information content (AvgIpc) is 2.31. The first-order valence-corrected chi connectivity index (χ1v) is 6.27. The van der Waals surface area contributed by atoms with Crippen LogP contribution in [0.5, 0.6) is 0 Å². The van der Waals surface area contributed by atoms with E-state index in [0.717, 1.165) is 26.2 Å². The van der Waals surface area contributed by atoms with Gasteiger partial charge in [0.2, 0.25) is 0 Å². The number of piperazine rings is 1. The highest BCUT2D eigenvalue weighted by atomic mass is 15.2. The second-order valence-corrected chi connectivity index (χ2v) is 5.19. The minimum atomic E-state index is 0.334. The predicted octanol–water partition coefficient (Wildman–Crippen LogP) is 0.270. The van der Waals surface area contributed by atoms with E-state index in [1.54, 1.807) is 0 Å². The molecule has 0 bridgehead atoms. The first-order chi connectivity index (χ1) is 7.74. The fraction of sp³-hybridized carbons (Fsp3) is 0.917. The van der Waals surface area contributed by atoms with Crippen LogP contribution in [0, 0.1) is 11.3 Å². The molecule has 90 valence electrons. The molecular weight excluding hydrogens is 200 g/mol. The maximum Gasteiger partial charge on any atom is 0.0635 e. The van der Waals surface area contributed by atoms with E-state index in [4.69, 9.17) is 5.26 Å². The van der Waals surface area contributed by atoms with Crippen LogP contribution in [-0.4, -0.2) is 61.7 Å². The molecule has 0 aliphatic carbocycles. The first-order valence-electron chi connectivity index (χ1n) is 6.27. The zero-order chi connectivity index (χ0) is 11.4. The van der Waals surface area contributed by atoms with E-state index in [2.05, 4.69) is 28.2 Å². The van der Waals surface area contributed by atoms with E-state index >= 15 is 0 Å². The minimum Gasteiger partial charge on any atom is -0.309 e. The molecule has 0 atom stereocenters. The van der Waals surface area contributed by atoms with E-state index in [9.17, 15) is 0 Å². The maximum absolute atomic E-state index is 8.63. The highest BCUT2D eigenvalue weighted by molar-refractivity contribution is 4.98. The van der Waals surface area contributed by atoms with Crippen molar-refractivity contribution < 1.29 is 0 Å². The van der Waals surface area contributed by atoms with Crippen LogP contribution in [0.25, 0.3) is 0 Å². The molecule has 2 rings (SSSR count). The monoisotopic (exact) mass is 222 g/mol. The Labute approximate surface area is 98.2 Å². The minimum absolute atomic E-state index is 0.334. The van der Waals surface area contributed by atoms with Crippen LogP contribution in [0.2, 0.25) is 0 Å². The second-order valence-electron chi connectivity index (χ2n) is 5.19. The molecule has 4 nitrogen and oxygen atoms in total. The molecule has 16 heavy (non-hydrogen) atoms. The summed E-state index contributed by atoms with van der Waals surface area (Å²) in [4.78, 5) is 4.85. The Bertz CT molecular complexity index is 263. The number of piperidine rings is 1. The number of likely N-dealkylation sites (tertiary alicyclic amines) is 1. The number of hydrogen-bond donors (Lipinski definition) is 1. The smallest absolute Gasteiger partial charge is 0.0635 e. The summed E-state index contributed by atoms with van der Waals surface area (Å²) >= 11 is 0. The zero-order valence-corrected chi connectivity index (χ0v) is 10.2. The third kappa shape index (κ3) is 2.73. The average molecular weight is 222 g/mol. The Hall–Kier alpha value is -0.630. The summed E-state index contributed by atoms with van der Waals surface area (Å²) in [5.41, 5.74) is 0.334. The Morgan fingerprint density at radius 2 is 2.06 bits per heavy atom. The van der Waals surface area contributed by atoms with Crippen LogP contribution in [0.3, 0.4) is 0 Å². The van der Waals surface area contributed by atoms with E-state index in [1.807, 2.05) is 0 Å². The Morgan fingerprint density at radius 3 is 2.75 bits per heavy atom. The van der Waals surface area contributed by atoms with Crippen molar-refractivity contribution >= 4 is 0 Å². The van der Waals surface area contributed by atoms with Gasteiger partial charge >= 0.3 is 0 Å². The van der Waals surface area contributed by atoms with Crippen LogP contribution in [0.1, 0.15) is 19.3 Å². The molecule has 0 amide bonds. The summed E-state index contributed by atoms with van der Waals surface area (Å²) in [6, 6.07) is 2.24. The molecule has 2 aliphatic rings. The normalized spacial score (nSPS) is 26.8. The van der Waals surface area contributed by atoms with Gasteiger partial charge in [0, 0.05) is 38.1 Å². The summed E-state index contributed by atoms with van der Waals surface area (Å²) < 4.78 is 0. The lowest BCUT2D eigenvalue weighted by Gasteiger charge is -2.47. The predicted molar refractivity (Wildman–Crippen MR) is 64.1 cm³/mol. The molecular formula is C12H22N4. The van der Waals surface area contributed by atoms with Crippen LogP contribution in [-0.2, 0) is 0 Å². The SMILES string of the molecule is CN1CCC2(CC1)CN(CCC#N)CCN2. The number of nitriles is 1. The van der Waals surface area contributed by atoms with Crippen molar-refractivity contribution in [3.05, 3.63) is 0 Å². The Kier molecular flexibility index (Phi) is 3.80. The summed E-state index contributed by atoms with van der Waals surface area (Å²) in [7, 11) is 2.20. The third-order valence-corrected chi connectivity index (χ3v) is 3.94. The van der Waals surface area contributed by atoms with Gasteiger partial charge in [-0.2, -0.15) is 5.26 Å². The molecule has 0 aromatic carbocycles. The van der Waals surface area contributed by atoms with E-state index in [0.29, 0.717) is 12.0 Å². The van der Waals surface area contributed by atoms with Gasteiger partial charge in [0.1, 0.15) is 0 Å². The number of hydrogen-bond acceptors (Lipinski definition) is 4. The number of nitrogens with zero attached hydrogens (tertiary/aromatic N) is 3. The highest BCUT2D eigenvalue weighted by Gasteiger charge is 2.36. The second kappa shape index (κ2) is 5.13.